The van der Waals surface area contributed by atoms with Gasteiger partial charge in [-0.05, 0) is 63.5 Å². The van der Waals surface area contributed by atoms with Crippen LogP contribution in [0.2, 0.25) is 0 Å². The smallest absolute Gasteiger partial charge is 0.340 e. The molecule has 4 aromatic rings. The molecule has 2 aromatic carbocycles. The molecule has 0 radical (unpaired) electrons. The first kappa shape index (κ1) is 24.0. The van der Waals surface area contributed by atoms with Crippen LogP contribution in [0, 0.1) is 0 Å². The van der Waals surface area contributed by atoms with E-state index in [4.69, 9.17) is 9.47 Å². The van der Waals surface area contributed by atoms with E-state index in [1.165, 1.54) is 0 Å². The van der Waals surface area contributed by atoms with Crippen molar-refractivity contribution in [3.8, 4) is 22.5 Å². The fourth-order valence-electron chi connectivity index (χ4n) is 4.43. The van der Waals surface area contributed by atoms with Gasteiger partial charge in [-0.25, -0.2) is 9.89 Å². The van der Waals surface area contributed by atoms with Crippen LogP contribution in [0.5, 0.6) is 0 Å². The lowest BCUT2D eigenvalue weighted by atomic mass is 10.0. The molecule has 2 N–H and O–H groups in total. The van der Waals surface area contributed by atoms with Crippen molar-refractivity contribution in [2.45, 2.75) is 26.7 Å². The molecule has 36 heavy (non-hydrogen) atoms. The van der Waals surface area contributed by atoms with Crippen molar-refractivity contribution in [3.05, 3.63) is 64.4 Å². The summed E-state index contributed by atoms with van der Waals surface area (Å²) in [4.78, 5) is 14.8. The number of fused-ring (bicyclic) bond motifs is 1. The molecule has 0 fully saturated rings. The van der Waals surface area contributed by atoms with Crippen molar-refractivity contribution in [2.75, 3.05) is 23.4 Å². The van der Waals surface area contributed by atoms with Gasteiger partial charge < -0.3 is 24.3 Å². The van der Waals surface area contributed by atoms with Gasteiger partial charge in [-0.1, -0.05) is 30.3 Å². The molecule has 11 heteroatoms. The zero-order valence-corrected chi connectivity index (χ0v) is 21.7. The number of H-pyrrole nitrogens is 1. The van der Waals surface area contributed by atoms with Crippen molar-refractivity contribution in [2.24, 2.45) is 7.05 Å². The van der Waals surface area contributed by atoms with Crippen molar-refractivity contribution >= 4 is 33.3 Å². The summed E-state index contributed by atoms with van der Waals surface area (Å²) in [5.41, 5.74) is 6.11. The fourth-order valence-corrected chi connectivity index (χ4v) is 4.97. The van der Waals surface area contributed by atoms with Crippen LogP contribution in [0.25, 0.3) is 22.5 Å². The second-order valence-corrected chi connectivity index (χ2v) is 9.02. The predicted octanol–water partition coefficient (Wildman–Crippen LogP) is 4.56. The second kappa shape index (κ2) is 10.1. The Bertz CT molecular complexity index is 1370. The molecule has 10 nitrogen and oxygen atoms in total. The standard InChI is InChI=1S/C25H26BrN7O3/c1-4-35-24(34)17-7-6-8-19-21(17)33(25(27-19)36-5-2)13-15-9-11-16(12-10-15)20-18(14-32(3)22(20)26)23-28-30-31-29-23/h6-12,14,25,27H,4-5,13H2,1-3H3,(H,28,29,30,31). The third kappa shape index (κ3) is 4.35. The van der Waals surface area contributed by atoms with E-state index in [1.807, 2.05) is 36.9 Å². The van der Waals surface area contributed by atoms with Crippen LogP contribution in [0.1, 0.15) is 29.8 Å². The minimum atomic E-state index is -0.394. The number of benzene rings is 2. The number of esters is 1. The Morgan fingerprint density at radius 1 is 1.14 bits per heavy atom. The number of para-hydroxylation sites is 1. The molecular weight excluding hydrogens is 526 g/mol. The molecular formula is C25H26BrN7O3. The van der Waals surface area contributed by atoms with Gasteiger partial charge >= 0.3 is 5.97 Å². The Hall–Kier alpha value is -3.70. The molecule has 0 aliphatic carbocycles. The summed E-state index contributed by atoms with van der Waals surface area (Å²) in [5.74, 6) is 0.248. The number of rotatable bonds is 8. The van der Waals surface area contributed by atoms with Gasteiger partial charge in [0.2, 0.25) is 6.35 Å². The highest BCUT2D eigenvalue weighted by atomic mass is 79.9. The van der Waals surface area contributed by atoms with Gasteiger partial charge in [0.15, 0.2) is 5.82 Å². The monoisotopic (exact) mass is 551 g/mol. The number of carbonyl (C=O) groups is 1. The zero-order valence-electron chi connectivity index (χ0n) is 20.2. The molecule has 0 saturated carbocycles. The third-order valence-corrected chi connectivity index (χ3v) is 6.97. The zero-order chi connectivity index (χ0) is 25.2. The molecule has 0 saturated heterocycles. The number of hydrogen-bond acceptors (Lipinski definition) is 8. The van der Waals surface area contributed by atoms with Crippen LogP contribution in [0.3, 0.4) is 0 Å². The van der Waals surface area contributed by atoms with Crippen molar-refractivity contribution in [3.63, 3.8) is 0 Å². The van der Waals surface area contributed by atoms with Gasteiger partial charge in [0.25, 0.3) is 0 Å². The molecule has 5 rings (SSSR count). The number of tetrazole rings is 1. The Morgan fingerprint density at radius 2 is 1.94 bits per heavy atom. The Morgan fingerprint density at radius 3 is 2.64 bits per heavy atom. The molecule has 3 heterocycles. The fraction of sp³-hybridized carbons (Fsp3) is 0.280. The minimum absolute atomic E-state index is 0.313. The van der Waals surface area contributed by atoms with E-state index in [0.29, 0.717) is 31.1 Å². The highest BCUT2D eigenvalue weighted by molar-refractivity contribution is 9.10. The highest BCUT2D eigenvalue weighted by Crippen LogP contribution is 2.41. The first-order chi connectivity index (χ1) is 17.5. The maximum Gasteiger partial charge on any atom is 0.340 e. The number of anilines is 2. The van der Waals surface area contributed by atoms with E-state index in [9.17, 15) is 4.79 Å². The number of ether oxygens (including phenoxy) is 2. The predicted molar refractivity (Wildman–Crippen MR) is 139 cm³/mol. The number of carbonyl (C=O) groups excluding carboxylic acids is 1. The summed E-state index contributed by atoms with van der Waals surface area (Å²) >= 11 is 3.69. The molecule has 0 amide bonds. The number of hydrogen-bond donors (Lipinski definition) is 2. The lowest BCUT2D eigenvalue weighted by Crippen LogP contribution is -2.38. The van der Waals surface area contributed by atoms with Crippen LogP contribution in [-0.4, -0.2) is 50.7 Å². The first-order valence-corrected chi connectivity index (χ1v) is 12.4. The van der Waals surface area contributed by atoms with E-state index in [1.54, 1.807) is 13.0 Å². The quantitative estimate of drug-likeness (QED) is 0.306. The molecule has 186 valence electrons. The van der Waals surface area contributed by atoms with E-state index < -0.39 is 6.35 Å². The Labute approximate surface area is 216 Å². The molecule has 1 aliphatic rings. The summed E-state index contributed by atoms with van der Waals surface area (Å²) in [6, 6.07) is 13.9. The summed E-state index contributed by atoms with van der Waals surface area (Å²) in [6.45, 7) is 5.13. The summed E-state index contributed by atoms with van der Waals surface area (Å²) in [6.07, 6.45) is 1.58. The van der Waals surface area contributed by atoms with Gasteiger partial charge in [-0.2, -0.15) is 0 Å². The maximum absolute atomic E-state index is 12.7. The van der Waals surface area contributed by atoms with E-state index >= 15 is 0 Å². The van der Waals surface area contributed by atoms with Crippen molar-refractivity contribution < 1.29 is 14.3 Å². The highest BCUT2D eigenvalue weighted by Gasteiger charge is 2.33. The van der Waals surface area contributed by atoms with Gasteiger partial charge in [-0.15, -0.1) is 5.10 Å². The van der Waals surface area contributed by atoms with Crippen molar-refractivity contribution in [1.82, 2.24) is 25.2 Å². The van der Waals surface area contributed by atoms with Crippen LogP contribution < -0.4 is 10.2 Å². The number of aromatic nitrogens is 5. The average molecular weight is 552 g/mol. The van der Waals surface area contributed by atoms with Crippen LogP contribution in [0.15, 0.2) is 53.3 Å². The lowest BCUT2D eigenvalue weighted by Gasteiger charge is -2.27. The van der Waals surface area contributed by atoms with Gasteiger partial charge in [0, 0.05) is 37.5 Å². The summed E-state index contributed by atoms with van der Waals surface area (Å²) in [7, 11) is 1.96. The van der Waals surface area contributed by atoms with E-state index in [-0.39, 0.29) is 5.97 Å². The van der Waals surface area contributed by atoms with Crippen LogP contribution >= 0.6 is 15.9 Å². The van der Waals surface area contributed by atoms with Crippen molar-refractivity contribution in [1.29, 1.82) is 0 Å². The molecule has 2 aromatic heterocycles. The van der Waals surface area contributed by atoms with E-state index in [2.05, 4.69) is 71.0 Å². The third-order valence-electron chi connectivity index (χ3n) is 6.01. The number of nitrogens with one attached hydrogen (secondary N) is 2. The summed E-state index contributed by atoms with van der Waals surface area (Å²) in [5, 5.41) is 17.7. The van der Waals surface area contributed by atoms with Gasteiger partial charge in [-0.3, -0.25) is 0 Å². The number of nitrogens with zero attached hydrogens (tertiary/aromatic N) is 5. The largest absolute Gasteiger partial charge is 0.462 e. The van der Waals surface area contributed by atoms with Gasteiger partial charge in [0.05, 0.1) is 28.1 Å². The minimum Gasteiger partial charge on any atom is -0.462 e. The van der Waals surface area contributed by atoms with Crippen LogP contribution in [-0.2, 0) is 23.1 Å². The SMILES string of the molecule is CCOC(=O)c1cccc2c1N(Cc1ccc(-c3c(-c4nnn[nH]4)cn(C)c3Br)cc1)C(OCC)N2. The second-order valence-electron chi connectivity index (χ2n) is 8.27. The maximum atomic E-state index is 12.7. The number of aromatic amines is 1. The van der Waals surface area contributed by atoms with Gasteiger partial charge in [0.1, 0.15) is 0 Å². The first-order valence-electron chi connectivity index (χ1n) is 11.6. The Balaban J connectivity index is 1.47. The normalized spacial score (nSPS) is 14.6. The number of aryl methyl sites for hydroxylation is 1. The number of halogens is 1. The topological polar surface area (TPSA) is 110 Å². The average Bonchev–Trinajstić information content (AvgIpc) is 3.59. The summed E-state index contributed by atoms with van der Waals surface area (Å²) < 4.78 is 14.2. The Kier molecular flexibility index (Phi) is 6.75. The molecule has 0 spiro atoms. The molecule has 1 unspecified atom stereocenters. The molecule has 0 bridgehead atoms. The molecule has 1 aliphatic heterocycles. The lowest BCUT2D eigenvalue weighted by molar-refractivity contribution is 0.0525. The van der Waals surface area contributed by atoms with E-state index in [0.717, 1.165) is 38.2 Å². The molecule has 1 atom stereocenters. The van der Waals surface area contributed by atoms with Crippen LogP contribution in [0.4, 0.5) is 11.4 Å².